The highest BCUT2D eigenvalue weighted by Crippen LogP contribution is 2.13. The molecule has 1 aromatic heterocycles. The number of hydrogen-bond donors (Lipinski definition) is 1. The highest BCUT2D eigenvalue weighted by atomic mass is 32.1. The molecule has 0 saturated carbocycles. The summed E-state index contributed by atoms with van der Waals surface area (Å²) in [6.45, 7) is 2.06. The van der Waals surface area contributed by atoms with Crippen LogP contribution in [0.15, 0.2) is 6.20 Å². The second-order valence-electron chi connectivity index (χ2n) is 2.02. The quantitative estimate of drug-likeness (QED) is 0.542. The van der Waals surface area contributed by atoms with Gasteiger partial charge in [-0.05, 0) is 6.42 Å². The minimum Gasteiger partial charge on any atom is -0.479 e. The molecule has 1 N–H and O–H groups in total. The Bertz CT molecular complexity index is 257. The van der Waals surface area contributed by atoms with Gasteiger partial charge in [-0.25, -0.2) is 4.98 Å². The molecule has 0 fully saturated rings. The predicted octanol–water partition coefficient (Wildman–Crippen LogP) is 1.68. The van der Waals surface area contributed by atoms with Gasteiger partial charge in [-0.2, -0.15) is 0 Å². The fraction of sp³-hybridized carbons (Fsp3) is 0.429. The molecule has 0 spiro atoms. The summed E-state index contributed by atoms with van der Waals surface area (Å²) in [5.74, 6) is 0.148. The summed E-state index contributed by atoms with van der Waals surface area (Å²) in [6.07, 6.45) is 2.75. The molecule has 0 bridgehead atoms. The van der Waals surface area contributed by atoms with Gasteiger partial charge in [0.15, 0.2) is 5.01 Å². The first-order valence-electron chi connectivity index (χ1n) is 3.35. The van der Waals surface area contributed by atoms with E-state index >= 15 is 0 Å². The predicted molar refractivity (Wildman–Crippen MR) is 45.3 cm³/mol. The van der Waals surface area contributed by atoms with Crippen molar-refractivity contribution < 1.29 is 4.74 Å². The first-order valence-corrected chi connectivity index (χ1v) is 4.17. The Hall–Kier alpha value is -0.900. The van der Waals surface area contributed by atoms with Gasteiger partial charge in [-0.1, -0.05) is 6.92 Å². The van der Waals surface area contributed by atoms with Gasteiger partial charge < -0.3 is 4.74 Å². The van der Waals surface area contributed by atoms with Crippen molar-refractivity contribution in [2.45, 2.75) is 13.3 Å². The van der Waals surface area contributed by atoms with E-state index in [4.69, 9.17) is 10.1 Å². The van der Waals surface area contributed by atoms with E-state index in [0.717, 1.165) is 6.42 Å². The molecule has 0 aliphatic heterocycles. The number of methoxy groups -OCH3 is 1. The summed E-state index contributed by atoms with van der Waals surface area (Å²) < 4.78 is 4.73. The number of nitrogens with one attached hydrogen (secondary N) is 1. The highest BCUT2D eigenvalue weighted by molar-refractivity contribution is 7.13. The first kappa shape index (κ1) is 8.20. The lowest BCUT2D eigenvalue weighted by Gasteiger charge is -1.93. The number of thiazole rings is 1. The van der Waals surface area contributed by atoms with E-state index < -0.39 is 0 Å². The normalized spacial score (nSPS) is 9.64. The molecule has 1 heterocycles. The molecule has 1 aromatic rings. The van der Waals surface area contributed by atoms with Crippen molar-refractivity contribution >= 4 is 17.2 Å². The van der Waals surface area contributed by atoms with E-state index in [0.29, 0.717) is 5.01 Å². The van der Waals surface area contributed by atoms with Crippen molar-refractivity contribution in [2.24, 2.45) is 0 Å². The third-order valence-electron chi connectivity index (χ3n) is 1.30. The molecule has 4 heteroatoms. The molecule has 0 atom stereocenters. The lowest BCUT2D eigenvalue weighted by Crippen LogP contribution is -1.99. The maximum absolute atomic E-state index is 7.29. The summed E-state index contributed by atoms with van der Waals surface area (Å²) in [6, 6.07) is 0. The number of hydrogen-bond acceptors (Lipinski definition) is 4. The number of aromatic nitrogens is 1. The van der Waals surface area contributed by atoms with Crippen LogP contribution in [0.1, 0.15) is 16.8 Å². The van der Waals surface area contributed by atoms with Crippen molar-refractivity contribution in [1.29, 1.82) is 5.41 Å². The van der Waals surface area contributed by atoms with Crippen molar-refractivity contribution in [1.82, 2.24) is 4.98 Å². The Morgan fingerprint density at radius 2 is 2.55 bits per heavy atom. The highest BCUT2D eigenvalue weighted by Gasteiger charge is 2.05. The van der Waals surface area contributed by atoms with Crippen molar-refractivity contribution in [3.05, 3.63) is 16.1 Å². The molecular formula is C7H10N2OS. The van der Waals surface area contributed by atoms with Crippen LogP contribution in [0, 0.1) is 5.41 Å². The van der Waals surface area contributed by atoms with Crippen LogP contribution in [-0.2, 0) is 11.2 Å². The Kier molecular flexibility index (Phi) is 2.59. The lowest BCUT2D eigenvalue weighted by atomic mass is 10.4. The van der Waals surface area contributed by atoms with Crippen LogP contribution in [-0.4, -0.2) is 18.0 Å². The first-order chi connectivity index (χ1) is 5.27. The topological polar surface area (TPSA) is 46.0 Å². The van der Waals surface area contributed by atoms with E-state index in [2.05, 4.69) is 11.9 Å². The standard InChI is InChI=1S/C7H10N2OS/c1-3-5-4-9-7(11-5)6(8)10-2/h4,8H,3H2,1-2H3. The monoisotopic (exact) mass is 170 g/mol. The van der Waals surface area contributed by atoms with Crippen LogP contribution in [0.5, 0.6) is 0 Å². The van der Waals surface area contributed by atoms with Crippen molar-refractivity contribution in [3.8, 4) is 0 Å². The maximum atomic E-state index is 7.29. The Morgan fingerprint density at radius 3 is 3.00 bits per heavy atom. The van der Waals surface area contributed by atoms with Gasteiger partial charge in [0.2, 0.25) is 5.90 Å². The van der Waals surface area contributed by atoms with Gasteiger partial charge in [-0.3, -0.25) is 5.41 Å². The maximum Gasteiger partial charge on any atom is 0.242 e. The average molecular weight is 170 g/mol. The molecule has 0 unspecified atom stereocenters. The van der Waals surface area contributed by atoms with E-state index in [1.807, 2.05) is 0 Å². The van der Waals surface area contributed by atoms with Crippen LogP contribution in [0.2, 0.25) is 0 Å². The third kappa shape index (κ3) is 1.77. The second-order valence-corrected chi connectivity index (χ2v) is 3.13. The van der Waals surface area contributed by atoms with Gasteiger partial charge in [0.1, 0.15) is 0 Å². The Balaban J connectivity index is 2.80. The molecule has 0 amide bonds. The number of nitrogens with zero attached hydrogens (tertiary/aromatic N) is 1. The third-order valence-corrected chi connectivity index (χ3v) is 2.44. The molecule has 11 heavy (non-hydrogen) atoms. The zero-order valence-electron chi connectivity index (χ0n) is 6.55. The number of ether oxygens (including phenoxy) is 1. The summed E-state index contributed by atoms with van der Waals surface area (Å²) in [5, 5.41) is 7.95. The summed E-state index contributed by atoms with van der Waals surface area (Å²) >= 11 is 1.50. The van der Waals surface area contributed by atoms with Crippen LogP contribution < -0.4 is 0 Å². The van der Waals surface area contributed by atoms with E-state index in [-0.39, 0.29) is 5.90 Å². The Morgan fingerprint density at radius 1 is 1.82 bits per heavy atom. The second kappa shape index (κ2) is 3.48. The van der Waals surface area contributed by atoms with Gasteiger partial charge in [0.25, 0.3) is 0 Å². The van der Waals surface area contributed by atoms with Crippen LogP contribution >= 0.6 is 11.3 Å². The van der Waals surface area contributed by atoms with E-state index in [9.17, 15) is 0 Å². The van der Waals surface area contributed by atoms with Crippen molar-refractivity contribution in [2.75, 3.05) is 7.11 Å². The fourth-order valence-electron chi connectivity index (χ4n) is 0.663. The molecule has 0 saturated heterocycles. The van der Waals surface area contributed by atoms with E-state index in [1.54, 1.807) is 6.20 Å². The minimum absolute atomic E-state index is 0.148. The molecule has 0 aromatic carbocycles. The zero-order chi connectivity index (χ0) is 8.27. The van der Waals surface area contributed by atoms with Gasteiger partial charge in [0, 0.05) is 11.1 Å². The number of aryl methyl sites for hydroxylation is 1. The molecule has 0 aliphatic carbocycles. The molecule has 0 aliphatic rings. The molecule has 1 rings (SSSR count). The molecular weight excluding hydrogens is 160 g/mol. The summed E-state index contributed by atoms with van der Waals surface area (Å²) in [4.78, 5) is 5.21. The molecule has 3 nitrogen and oxygen atoms in total. The van der Waals surface area contributed by atoms with E-state index in [1.165, 1.54) is 23.3 Å². The summed E-state index contributed by atoms with van der Waals surface area (Å²) in [7, 11) is 1.48. The van der Waals surface area contributed by atoms with Gasteiger partial charge in [0.05, 0.1) is 7.11 Å². The molecule has 60 valence electrons. The SMILES string of the molecule is CCc1cnc(C(=N)OC)s1. The smallest absolute Gasteiger partial charge is 0.242 e. The van der Waals surface area contributed by atoms with Gasteiger partial charge in [-0.15, -0.1) is 11.3 Å². The fourth-order valence-corrected chi connectivity index (χ4v) is 1.44. The van der Waals surface area contributed by atoms with Crippen LogP contribution in [0.4, 0.5) is 0 Å². The Labute approximate surface area is 69.6 Å². The average Bonchev–Trinajstić information content (AvgIpc) is 2.50. The minimum atomic E-state index is 0.148. The van der Waals surface area contributed by atoms with Crippen LogP contribution in [0.25, 0.3) is 0 Å². The van der Waals surface area contributed by atoms with Gasteiger partial charge >= 0.3 is 0 Å². The molecule has 0 radical (unpaired) electrons. The zero-order valence-corrected chi connectivity index (χ0v) is 7.36. The number of rotatable bonds is 2. The van der Waals surface area contributed by atoms with Crippen LogP contribution in [0.3, 0.4) is 0 Å². The summed E-state index contributed by atoms with van der Waals surface area (Å²) in [5.41, 5.74) is 0. The van der Waals surface area contributed by atoms with Crippen molar-refractivity contribution in [3.63, 3.8) is 0 Å². The lowest BCUT2D eigenvalue weighted by molar-refractivity contribution is 0.401. The largest absolute Gasteiger partial charge is 0.479 e.